The third kappa shape index (κ3) is 2.17. The van der Waals surface area contributed by atoms with Crippen molar-refractivity contribution in [2.24, 2.45) is 0 Å². The molecule has 2 aliphatic rings. The molecule has 96 valence electrons. The molecule has 18 heavy (non-hydrogen) atoms. The van der Waals surface area contributed by atoms with Gasteiger partial charge in [-0.15, -0.1) is 0 Å². The Morgan fingerprint density at radius 2 is 2.28 bits per heavy atom. The number of benzene rings is 1. The van der Waals surface area contributed by atoms with Gasteiger partial charge in [-0.25, -0.2) is 4.39 Å². The molecular formula is C13H13BrFNO2. The summed E-state index contributed by atoms with van der Waals surface area (Å²) in [4.78, 5) is 12.0. The van der Waals surface area contributed by atoms with E-state index in [9.17, 15) is 9.18 Å². The van der Waals surface area contributed by atoms with Gasteiger partial charge in [-0.05, 0) is 53.4 Å². The quantitative estimate of drug-likeness (QED) is 0.911. The molecule has 3 rings (SSSR count). The van der Waals surface area contributed by atoms with E-state index in [0.717, 1.165) is 19.3 Å². The maximum atomic E-state index is 13.1. The fourth-order valence-electron chi connectivity index (χ4n) is 2.68. The molecule has 2 aliphatic heterocycles. The molecular weight excluding hydrogens is 301 g/mol. The van der Waals surface area contributed by atoms with Crippen molar-refractivity contribution in [2.75, 3.05) is 0 Å². The predicted octanol–water partition coefficient (Wildman–Crippen LogP) is 2.64. The Balaban J connectivity index is 1.69. The zero-order valence-corrected chi connectivity index (χ0v) is 11.2. The Morgan fingerprint density at radius 3 is 2.89 bits per heavy atom. The number of hydrogen-bond donors (Lipinski definition) is 1. The topological polar surface area (TPSA) is 38.3 Å². The van der Waals surface area contributed by atoms with Gasteiger partial charge in [0.1, 0.15) is 5.82 Å². The SMILES string of the molecule is O=C(NC1CC2CCC1O2)c1ccc(F)c(Br)c1. The first-order valence-electron chi connectivity index (χ1n) is 6.05. The zero-order chi connectivity index (χ0) is 12.7. The first kappa shape index (κ1) is 12.1. The van der Waals surface area contributed by atoms with Gasteiger partial charge >= 0.3 is 0 Å². The summed E-state index contributed by atoms with van der Waals surface area (Å²) in [6, 6.07) is 4.37. The van der Waals surface area contributed by atoms with Gasteiger partial charge in [0.2, 0.25) is 0 Å². The van der Waals surface area contributed by atoms with Gasteiger partial charge in [-0.3, -0.25) is 4.79 Å². The van der Waals surface area contributed by atoms with E-state index in [1.165, 1.54) is 18.2 Å². The van der Waals surface area contributed by atoms with Crippen molar-refractivity contribution in [1.29, 1.82) is 0 Å². The van der Waals surface area contributed by atoms with Crippen molar-refractivity contribution in [2.45, 2.75) is 37.5 Å². The first-order valence-corrected chi connectivity index (χ1v) is 6.84. The van der Waals surface area contributed by atoms with Gasteiger partial charge < -0.3 is 10.1 Å². The fraction of sp³-hybridized carbons (Fsp3) is 0.462. The lowest BCUT2D eigenvalue weighted by molar-refractivity contribution is 0.0841. The van der Waals surface area contributed by atoms with Gasteiger partial charge in [0.25, 0.3) is 5.91 Å². The van der Waals surface area contributed by atoms with Gasteiger partial charge in [-0.1, -0.05) is 0 Å². The molecule has 2 fully saturated rings. The Bertz CT molecular complexity index is 494. The van der Waals surface area contributed by atoms with Crippen LogP contribution in [0.3, 0.4) is 0 Å². The molecule has 0 aliphatic carbocycles. The predicted molar refractivity (Wildman–Crippen MR) is 67.9 cm³/mol. The second kappa shape index (κ2) is 4.63. The highest BCUT2D eigenvalue weighted by atomic mass is 79.9. The second-order valence-corrected chi connectivity index (χ2v) is 5.67. The number of ether oxygens (including phenoxy) is 1. The van der Waals surface area contributed by atoms with Crippen molar-refractivity contribution >= 4 is 21.8 Å². The van der Waals surface area contributed by atoms with Crippen LogP contribution in [0.5, 0.6) is 0 Å². The number of carbonyl (C=O) groups excluding carboxylic acids is 1. The molecule has 5 heteroatoms. The molecule has 2 bridgehead atoms. The minimum absolute atomic E-state index is 0.0973. The maximum absolute atomic E-state index is 13.1. The number of amides is 1. The third-order valence-corrected chi connectivity index (χ3v) is 4.21. The van der Waals surface area contributed by atoms with Crippen LogP contribution >= 0.6 is 15.9 Å². The molecule has 1 amide bonds. The average molecular weight is 314 g/mol. The van der Waals surface area contributed by atoms with Gasteiger partial charge in [0.05, 0.1) is 22.7 Å². The van der Waals surface area contributed by atoms with E-state index in [1.54, 1.807) is 0 Å². The summed E-state index contributed by atoms with van der Waals surface area (Å²) < 4.78 is 19.1. The molecule has 0 spiro atoms. The highest BCUT2D eigenvalue weighted by Gasteiger charge is 2.41. The number of rotatable bonds is 2. The van der Waals surface area contributed by atoms with Crippen LogP contribution < -0.4 is 5.32 Å². The summed E-state index contributed by atoms with van der Waals surface area (Å²) in [5.74, 6) is -0.536. The van der Waals surface area contributed by atoms with Crippen molar-refractivity contribution in [3.63, 3.8) is 0 Å². The molecule has 3 unspecified atom stereocenters. The maximum Gasteiger partial charge on any atom is 0.251 e. The summed E-state index contributed by atoms with van der Waals surface area (Å²) in [5, 5.41) is 2.97. The summed E-state index contributed by atoms with van der Waals surface area (Å²) in [6.45, 7) is 0. The molecule has 1 aromatic carbocycles. The van der Waals surface area contributed by atoms with Crippen molar-refractivity contribution in [1.82, 2.24) is 5.32 Å². The average Bonchev–Trinajstić information content (AvgIpc) is 2.94. The fourth-order valence-corrected chi connectivity index (χ4v) is 3.06. The van der Waals surface area contributed by atoms with E-state index in [0.29, 0.717) is 16.1 Å². The third-order valence-electron chi connectivity index (χ3n) is 3.60. The second-order valence-electron chi connectivity index (χ2n) is 4.82. The minimum atomic E-state index is -0.366. The molecule has 1 N–H and O–H groups in total. The van der Waals surface area contributed by atoms with Crippen LogP contribution in [0.2, 0.25) is 0 Å². The molecule has 2 heterocycles. The number of carbonyl (C=O) groups is 1. The molecule has 1 aromatic rings. The Hall–Kier alpha value is -0.940. The van der Waals surface area contributed by atoms with E-state index < -0.39 is 0 Å². The molecule has 0 saturated carbocycles. The standard InChI is InChI=1S/C13H13BrFNO2/c14-9-5-7(1-3-10(9)15)13(17)16-11-6-8-2-4-12(11)18-8/h1,3,5,8,11-12H,2,4,6H2,(H,16,17). The van der Waals surface area contributed by atoms with Crippen molar-refractivity contribution < 1.29 is 13.9 Å². The molecule has 2 saturated heterocycles. The van der Waals surface area contributed by atoms with Crippen LogP contribution in [0.1, 0.15) is 29.6 Å². The van der Waals surface area contributed by atoms with E-state index in [-0.39, 0.29) is 23.9 Å². The number of hydrogen-bond acceptors (Lipinski definition) is 2. The normalized spacial score (nSPS) is 29.6. The van der Waals surface area contributed by atoms with Crippen LogP contribution in [-0.2, 0) is 4.74 Å². The van der Waals surface area contributed by atoms with Crippen LogP contribution in [0, 0.1) is 5.82 Å². The van der Waals surface area contributed by atoms with Gasteiger partial charge in [-0.2, -0.15) is 0 Å². The highest BCUT2D eigenvalue weighted by molar-refractivity contribution is 9.10. The molecule has 0 radical (unpaired) electrons. The first-order chi connectivity index (χ1) is 8.63. The van der Waals surface area contributed by atoms with Crippen LogP contribution in [0.15, 0.2) is 22.7 Å². The van der Waals surface area contributed by atoms with E-state index in [2.05, 4.69) is 21.2 Å². The van der Waals surface area contributed by atoms with E-state index in [4.69, 9.17) is 4.74 Å². The zero-order valence-electron chi connectivity index (χ0n) is 9.66. The Labute approximate surface area is 113 Å². The summed E-state index contributed by atoms with van der Waals surface area (Å²) >= 11 is 3.08. The van der Waals surface area contributed by atoms with Crippen LogP contribution in [-0.4, -0.2) is 24.2 Å². The Kier molecular flexibility index (Phi) is 3.11. The number of fused-ring (bicyclic) bond motifs is 2. The van der Waals surface area contributed by atoms with E-state index in [1.807, 2.05) is 0 Å². The summed E-state index contributed by atoms with van der Waals surface area (Å²) in [5.41, 5.74) is 0.464. The lowest BCUT2D eigenvalue weighted by Crippen LogP contribution is -2.41. The van der Waals surface area contributed by atoms with Gasteiger partial charge in [0.15, 0.2) is 0 Å². The number of nitrogens with one attached hydrogen (secondary N) is 1. The minimum Gasteiger partial charge on any atom is -0.373 e. The highest BCUT2D eigenvalue weighted by Crippen LogP contribution is 2.34. The molecule has 0 aromatic heterocycles. The van der Waals surface area contributed by atoms with Crippen LogP contribution in [0.4, 0.5) is 4.39 Å². The van der Waals surface area contributed by atoms with Gasteiger partial charge in [0, 0.05) is 5.56 Å². The largest absolute Gasteiger partial charge is 0.373 e. The summed E-state index contributed by atoms with van der Waals surface area (Å²) in [7, 11) is 0. The van der Waals surface area contributed by atoms with Crippen molar-refractivity contribution in [3.8, 4) is 0 Å². The molecule has 3 atom stereocenters. The number of halogens is 2. The Morgan fingerprint density at radius 1 is 1.44 bits per heavy atom. The van der Waals surface area contributed by atoms with E-state index >= 15 is 0 Å². The monoisotopic (exact) mass is 313 g/mol. The molecule has 3 nitrogen and oxygen atoms in total. The lowest BCUT2D eigenvalue weighted by Gasteiger charge is -2.20. The van der Waals surface area contributed by atoms with Crippen LogP contribution in [0.25, 0.3) is 0 Å². The summed E-state index contributed by atoms with van der Waals surface area (Å²) in [6.07, 6.45) is 3.46. The lowest BCUT2D eigenvalue weighted by atomic mass is 9.95. The van der Waals surface area contributed by atoms with Crippen molar-refractivity contribution in [3.05, 3.63) is 34.1 Å². The smallest absolute Gasteiger partial charge is 0.251 e.